The number of oxime groups is 1. The van der Waals surface area contributed by atoms with Crippen LogP contribution in [0, 0.1) is 13.8 Å². The van der Waals surface area contributed by atoms with Crippen LogP contribution in [0.5, 0.6) is 0 Å². The number of nitrogens with zero attached hydrogens (tertiary/aromatic N) is 5. The number of aryl methyl sites for hydroxylation is 2. The highest BCUT2D eigenvalue weighted by atomic mass is 16.4. The fourth-order valence-electron chi connectivity index (χ4n) is 1.48. The largest absolute Gasteiger partial charge is 0.409 e. The molecule has 2 heterocycles. The number of hydrogen-bond acceptors (Lipinski definition) is 5. The van der Waals surface area contributed by atoms with Crippen molar-refractivity contribution in [2.24, 2.45) is 10.9 Å². The van der Waals surface area contributed by atoms with Gasteiger partial charge in [0.2, 0.25) is 0 Å². The van der Waals surface area contributed by atoms with Crippen molar-refractivity contribution in [2.45, 2.75) is 13.8 Å². The molecule has 0 aliphatic heterocycles. The van der Waals surface area contributed by atoms with E-state index in [0.29, 0.717) is 11.6 Å². The highest BCUT2D eigenvalue weighted by molar-refractivity contribution is 5.95. The molecule has 2 rings (SSSR count). The Morgan fingerprint density at radius 2 is 2.24 bits per heavy atom. The molecule has 0 aliphatic carbocycles. The molecule has 17 heavy (non-hydrogen) atoms. The second kappa shape index (κ2) is 4.20. The first-order valence-electron chi connectivity index (χ1n) is 4.96. The summed E-state index contributed by atoms with van der Waals surface area (Å²) in [6.07, 6.45) is 1.53. The summed E-state index contributed by atoms with van der Waals surface area (Å²) in [6.45, 7) is 3.79. The average molecular weight is 232 g/mol. The van der Waals surface area contributed by atoms with E-state index < -0.39 is 0 Å². The first kappa shape index (κ1) is 11.1. The molecule has 0 fully saturated rings. The Morgan fingerprint density at radius 1 is 1.47 bits per heavy atom. The Bertz CT molecular complexity index is 574. The van der Waals surface area contributed by atoms with Gasteiger partial charge in [-0.1, -0.05) is 5.16 Å². The van der Waals surface area contributed by atoms with Crippen molar-refractivity contribution in [3.63, 3.8) is 0 Å². The molecule has 88 valence electrons. The summed E-state index contributed by atoms with van der Waals surface area (Å²) in [5, 5.41) is 15.7. The van der Waals surface area contributed by atoms with E-state index in [1.54, 1.807) is 10.7 Å². The molecule has 0 saturated heterocycles. The molecule has 0 atom stereocenters. The minimum atomic E-state index is -0.0600. The maximum absolute atomic E-state index is 8.59. The number of aromatic nitrogens is 4. The van der Waals surface area contributed by atoms with Crippen LogP contribution < -0.4 is 5.73 Å². The van der Waals surface area contributed by atoms with Crippen LogP contribution >= 0.6 is 0 Å². The molecule has 0 unspecified atom stereocenters. The van der Waals surface area contributed by atoms with Crippen molar-refractivity contribution in [1.82, 2.24) is 19.7 Å². The predicted molar refractivity (Wildman–Crippen MR) is 61.1 cm³/mol. The van der Waals surface area contributed by atoms with Crippen LogP contribution in [-0.2, 0) is 0 Å². The lowest BCUT2D eigenvalue weighted by molar-refractivity contribution is 0.318. The fraction of sp³-hybridized carbons (Fsp3) is 0.200. The van der Waals surface area contributed by atoms with Crippen LogP contribution in [0.3, 0.4) is 0 Å². The standard InChI is InChI=1S/C10H12N6O/c1-6-5-7(2)16(14-6)10-12-4-3-8(13-10)9(11)15-17/h3-5,17H,1-2H3,(H2,11,15). The lowest BCUT2D eigenvalue weighted by atomic mass is 10.4. The SMILES string of the molecule is Cc1cc(C)n(-c2nccc(/C(N)=N/O)n2)n1. The Balaban J connectivity index is 2.50. The summed E-state index contributed by atoms with van der Waals surface area (Å²) in [5.41, 5.74) is 7.61. The zero-order valence-electron chi connectivity index (χ0n) is 9.49. The van der Waals surface area contributed by atoms with Gasteiger partial charge in [0.15, 0.2) is 5.84 Å². The molecule has 0 bridgehead atoms. The summed E-state index contributed by atoms with van der Waals surface area (Å²) in [7, 11) is 0. The minimum Gasteiger partial charge on any atom is -0.409 e. The van der Waals surface area contributed by atoms with Gasteiger partial charge in [0, 0.05) is 11.9 Å². The Kier molecular flexibility index (Phi) is 2.73. The number of nitrogens with two attached hydrogens (primary N) is 1. The molecule has 3 N–H and O–H groups in total. The van der Waals surface area contributed by atoms with Crippen molar-refractivity contribution >= 4 is 5.84 Å². The van der Waals surface area contributed by atoms with Gasteiger partial charge in [-0.3, -0.25) is 0 Å². The first-order chi connectivity index (χ1) is 8.11. The Morgan fingerprint density at radius 3 is 2.82 bits per heavy atom. The second-order valence-corrected chi connectivity index (χ2v) is 3.57. The minimum absolute atomic E-state index is 0.0600. The Labute approximate surface area is 97.6 Å². The van der Waals surface area contributed by atoms with Crippen molar-refractivity contribution in [1.29, 1.82) is 0 Å². The van der Waals surface area contributed by atoms with Gasteiger partial charge in [0.25, 0.3) is 5.95 Å². The fourth-order valence-corrected chi connectivity index (χ4v) is 1.48. The molecular weight excluding hydrogens is 220 g/mol. The van der Waals surface area contributed by atoms with Gasteiger partial charge in [-0.05, 0) is 26.0 Å². The second-order valence-electron chi connectivity index (χ2n) is 3.57. The van der Waals surface area contributed by atoms with Gasteiger partial charge in [-0.15, -0.1) is 0 Å². The van der Waals surface area contributed by atoms with Gasteiger partial charge in [-0.25, -0.2) is 14.6 Å². The molecule has 2 aromatic heterocycles. The molecule has 0 aromatic carbocycles. The molecule has 0 radical (unpaired) electrons. The van der Waals surface area contributed by atoms with E-state index in [1.807, 2.05) is 19.9 Å². The third-order valence-electron chi connectivity index (χ3n) is 2.21. The van der Waals surface area contributed by atoms with E-state index in [4.69, 9.17) is 10.9 Å². The van der Waals surface area contributed by atoms with Gasteiger partial charge in [0.05, 0.1) is 5.69 Å². The van der Waals surface area contributed by atoms with Crippen LogP contribution in [-0.4, -0.2) is 30.8 Å². The zero-order chi connectivity index (χ0) is 12.4. The van der Waals surface area contributed by atoms with Crippen molar-refractivity contribution < 1.29 is 5.21 Å². The zero-order valence-corrected chi connectivity index (χ0v) is 9.49. The van der Waals surface area contributed by atoms with Crippen molar-refractivity contribution in [3.05, 3.63) is 35.4 Å². The van der Waals surface area contributed by atoms with Gasteiger partial charge in [0.1, 0.15) is 5.69 Å². The van der Waals surface area contributed by atoms with Crippen LogP contribution in [0.4, 0.5) is 0 Å². The number of rotatable bonds is 2. The molecule has 0 saturated carbocycles. The molecule has 0 aliphatic rings. The third-order valence-corrected chi connectivity index (χ3v) is 2.21. The Hall–Kier alpha value is -2.44. The summed E-state index contributed by atoms with van der Waals surface area (Å²) >= 11 is 0. The highest BCUT2D eigenvalue weighted by Crippen LogP contribution is 2.07. The highest BCUT2D eigenvalue weighted by Gasteiger charge is 2.08. The lowest BCUT2D eigenvalue weighted by Gasteiger charge is -2.03. The van der Waals surface area contributed by atoms with Crippen LogP contribution in [0.25, 0.3) is 5.95 Å². The molecule has 7 heteroatoms. The van der Waals surface area contributed by atoms with Gasteiger partial charge in [-0.2, -0.15) is 5.10 Å². The van der Waals surface area contributed by atoms with E-state index in [9.17, 15) is 0 Å². The lowest BCUT2D eigenvalue weighted by Crippen LogP contribution is -2.17. The van der Waals surface area contributed by atoms with Gasteiger partial charge >= 0.3 is 0 Å². The maximum Gasteiger partial charge on any atom is 0.251 e. The topological polar surface area (TPSA) is 102 Å². The van der Waals surface area contributed by atoms with Crippen molar-refractivity contribution in [2.75, 3.05) is 0 Å². The van der Waals surface area contributed by atoms with E-state index >= 15 is 0 Å². The van der Waals surface area contributed by atoms with Crippen LogP contribution in [0.1, 0.15) is 17.1 Å². The predicted octanol–water partition coefficient (Wildman–Crippen LogP) is 0.374. The summed E-state index contributed by atoms with van der Waals surface area (Å²) in [5.74, 6) is 0.329. The summed E-state index contributed by atoms with van der Waals surface area (Å²) in [4.78, 5) is 8.26. The number of amidine groups is 1. The number of hydrogen-bond donors (Lipinski definition) is 2. The van der Waals surface area contributed by atoms with Crippen LogP contribution in [0.15, 0.2) is 23.5 Å². The summed E-state index contributed by atoms with van der Waals surface area (Å²) in [6, 6.07) is 3.48. The third kappa shape index (κ3) is 2.07. The summed E-state index contributed by atoms with van der Waals surface area (Å²) < 4.78 is 1.60. The first-order valence-corrected chi connectivity index (χ1v) is 4.96. The van der Waals surface area contributed by atoms with E-state index in [-0.39, 0.29) is 5.84 Å². The molecule has 0 spiro atoms. The van der Waals surface area contributed by atoms with E-state index in [1.165, 1.54) is 6.20 Å². The monoisotopic (exact) mass is 232 g/mol. The maximum atomic E-state index is 8.59. The van der Waals surface area contributed by atoms with E-state index in [0.717, 1.165) is 11.4 Å². The molecule has 7 nitrogen and oxygen atoms in total. The smallest absolute Gasteiger partial charge is 0.251 e. The van der Waals surface area contributed by atoms with Crippen molar-refractivity contribution in [3.8, 4) is 5.95 Å². The van der Waals surface area contributed by atoms with Gasteiger partial charge < -0.3 is 10.9 Å². The quantitative estimate of drug-likeness (QED) is 0.337. The molecule has 2 aromatic rings. The molecular formula is C10H12N6O. The average Bonchev–Trinajstić information content (AvgIpc) is 2.67. The van der Waals surface area contributed by atoms with Crippen LogP contribution in [0.2, 0.25) is 0 Å². The molecule has 0 amide bonds. The van der Waals surface area contributed by atoms with E-state index in [2.05, 4.69) is 20.2 Å². The normalized spacial score (nSPS) is 11.8.